The molecule has 0 N–H and O–H groups in total. The lowest BCUT2D eigenvalue weighted by Crippen LogP contribution is -1.25. The summed E-state index contributed by atoms with van der Waals surface area (Å²) < 4.78 is 0. The van der Waals surface area contributed by atoms with Gasteiger partial charge in [0.25, 0.3) is 0 Å². The second kappa shape index (κ2) is 38.1. The molecule has 0 spiro atoms. The molecule has 0 saturated carbocycles. The Balaban J connectivity index is 0. The quantitative estimate of drug-likeness (QED) is 0.437. The SMILES string of the molecule is CSC.[N]=O. The van der Waals surface area contributed by atoms with E-state index >= 15 is 0 Å². The van der Waals surface area contributed by atoms with Crippen molar-refractivity contribution in [3.8, 4) is 0 Å². The Kier molecular flexibility index (Phi) is 67.6. The molecule has 0 aliphatic carbocycles. The molecular weight excluding hydrogens is 86.1 g/mol. The summed E-state index contributed by atoms with van der Waals surface area (Å²) in [6, 6.07) is 0. The number of hydrogen-bond acceptors (Lipinski definition) is 2. The average molecular weight is 92.1 g/mol. The number of thioether (sulfide) groups is 1. The van der Waals surface area contributed by atoms with Gasteiger partial charge in [0.15, 0.2) is 0 Å². The van der Waals surface area contributed by atoms with Gasteiger partial charge in [0.2, 0.25) is 0 Å². The van der Waals surface area contributed by atoms with E-state index in [1.54, 1.807) is 11.8 Å². The minimum Gasteiger partial charge on any atom is -0.169 e. The third-order valence-corrected chi connectivity index (χ3v) is 0. The molecule has 0 heterocycles. The summed E-state index contributed by atoms with van der Waals surface area (Å²) in [5, 5.41) is 0. The van der Waals surface area contributed by atoms with Gasteiger partial charge in [-0.15, -0.1) is 4.91 Å². The topological polar surface area (TPSA) is 39.4 Å². The van der Waals surface area contributed by atoms with Crippen LogP contribution in [0, 0.1) is 4.91 Å². The lowest BCUT2D eigenvalue weighted by Gasteiger charge is -1.51. The highest BCUT2D eigenvalue weighted by atomic mass is 32.2. The summed E-state index contributed by atoms with van der Waals surface area (Å²) in [5.74, 6) is 0. The van der Waals surface area contributed by atoms with Gasteiger partial charge >= 0.3 is 0 Å². The van der Waals surface area contributed by atoms with E-state index in [1.807, 2.05) is 12.5 Å². The van der Waals surface area contributed by atoms with E-state index in [4.69, 9.17) is 10.5 Å². The van der Waals surface area contributed by atoms with Gasteiger partial charge in [-0.1, -0.05) is 0 Å². The van der Waals surface area contributed by atoms with E-state index in [0.29, 0.717) is 0 Å². The maximum atomic E-state index is 7.25. The first kappa shape index (κ1) is 8.87. The van der Waals surface area contributed by atoms with Crippen molar-refractivity contribution >= 4 is 11.8 Å². The van der Waals surface area contributed by atoms with Crippen molar-refractivity contribution in [2.75, 3.05) is 12.5 Å². The molecule has 0 amide bonds. The minimum atomic E-state index is 1.75. The van der Waals surface area contributed by atoms with Crippen LogP contribution in [0.1, 0.15) is 0 Å². The summed E-state index contributed by atoms with van der Waals surface area (Å²) in [6.45, 7) is 0. The van der Waals surface area contributed by atoms with Gasteiger partial charge in [-0.2, -0.15) is 11.8 Å². The summed E-state index contributed by atoms with van der Waals surface area (Å²) in [7, 11) is 0. The normalized spacial score (nSPS) is 4.40. The van der Waals surface area contributed by atoms with Crippen molar-refractivity contribution in [2.45, 2.75) is 0 Å². The summed E-state index contributed by atoms with van der Waals surface area (Å²) in [5.41, 5.74) is 5.75. The minimum absolute atomic E-state index is 1.75. The van der Waals surface area contributed by atoms with Crippen molar-refractivity contribution in [1.82, 2.24) is 5.59 Å². The van der Waals surface area contributed by atoms with Gasteiger partial charge in [-0.25, -0.2) is 0 Å². The fourth-order valence-corrected chi connectivity index (χ4v) is 0. The van der Waals surface area contributed by atoms with E-state index in [2.05, 4.69) is 0 Å². The van der Waals surface area contributed by atoms with Crippen LogP contribution in [0.3, 0.4) is 0 Å². The predicted octanol–water partition coefficient (Wildman–Crippen LogP) is 0.532. The van der Waals surface area contributed by atoms with Crippen LogP contribution < -0.4 is 5.59 Å². The van der Waals surface area contributed by atoms with Crippen LogP contribution in [0.15, 0.2) is 0 Å². The van der Waals surface area contributed by atoms with Crippen LogP contribution in [0.2, 0.25) is 0 Å². The van der Waals surface area contributed by atoms with Crippen LogP contribution in [0.5, 0.6) is 0 Å². The number of nitrogens with zero attached hydrogens (tertiary/aromatic N) is 1. The van der Waals surface area contributed by atoms with Crippen LogP contribution in [0.4, 0.5) is 0 Å². The van der Waals surface area contributed by atoms with Crippen LogP contribution in [0.25, 0.3) is 0 Å². The molecule has 1 radical (unpaired) electrons. The Morgan fingerprint density at radius 2 is 1.40 bits per heavy atom. The molecule has 0 aromatic carbocycles. The predicted molar refractivity (Wildman–Crippen MR) is 24.9 cm³/mol. The first-order valence-corrected chi connectivity index (χ1v) is 2.63. The Hall–Kier alpha value is -0.0500. The molecule has 3 heteroatoms. The molecule has 2 nitrogen and oxygen atoms in total. The second-order valence-electron chi connectivity index (χ2n) is 0.408. The molecule has 0 aromatic rings. The molecule has 0 unspecified atom stereocenters. The van der Waals surface area contributed by atoms with Gasteiger partial charge in [-0.05, 0) is 12.5 Å². The highest BCUT2D eigenvalue weighted by Crippen LogP contribution is 1.70. The Morgan fingerprint density at radius 1 is 1.40 bits per heavy atom. The monoisotopic (exact) mass is 92.0 g/mol. The lowest BCUT2D eigenvalue weighted by atomic mass is 11.9. The molecule has 0 aliphatic rings. The second-order valence-corrected chi connectivity index (χ2v) is 1.22. The van der Waals surface area contributed by atoms with Crippen molar-refractivity contribution in [3.63, 3.8) is 0 Å². The number of nitroso groups, excluding NO2 is 1. The van der Waals surface area contributed by atoms with E-state index in [-0.39, 0.29) is 0 Å². The number of rotatable bonds is 0. The van der Waals surface area contributed by atoms with Gasteiger partial charge in [-0.3, -0.25) is 0 Å². The Labute approximate surface area is 35.7 Å². The molecule has 0 aliphatic heterocycles. The Morgan fingerprint density at radius 3 is 1.40 bits per heavy atom. The van der Waals surface area contributed by atoms with Gasteiger partial charge in [0.1, 0.15) is 5.59 Å². The fraction of sp³-hybridized carbons (Fsp3) is 1.00. The maximum Gasteiger partial charge on any atom is 0.120 e. The highest BCUT2D eigenvalue weighted by Gasteiger charge is 1.32. The fourth-order valence-electron chi connectivity index (χ4n) is 0. The number of hydrogen-bond donors (Lipinski definition) is 0. The molecule has 0 atom stereocenters. The highest BCUT2D eigenvalue weighted by molar-refractivity contribution is 7.97. The van der Waals surface area contributed by atoms with Crippen LogP contribution in [-0.2, 0) is 0 Å². The smallest absolute Gasteiger partial charge is 0.120 e. The third kappa shape index (κ3) is 6010. The van der Waals surface area contributed by atoms with Crippen LogP contribution in [-0.4, -0.2) is 12.5 Å². The van der Waals surface area contributed by atoms with Crippen molar-refractivity contribution in [1.29, 1.82) is 0 Å². The molecular formula is C2H6NOS. The summed E-state index contributed by atoms with van der Waals surface area (Å²) in [4.78, 5) is 7.25. The zero-order valence-corrected chi connectivity index (χ0v) is 4.08. The zero-order valence-electron chi connectivity index (χ0n) is 3.26. The van der Waals surface area contributed by atoms with Crippen LogP contribution >= 0.6 is 11.8 Å². The van der Waals surface area contributed by atoms with Gasteiger partial charge < -0.3 is 0 Å². The lowest BCUT2D eigenvalue weighted by molar-refractivity contribution is 1.81. The molecule has 5 heavy (non-hydrogen) atoms. The van der Waals surface area contributed by atoms with Gasteiger partial charge in [0.05, 0.1) is 0 Å². The molecule has 0 aromatic heterocycles. The van der Waals surface area contributed by atoms with Crippen molar-refractivity contribution < 1.29 is 0 Å². The van der Waals surface area contributed by atoms with E-state index in [0.717, 1.165) is 0 Å². The summed E-state index contributed by atoms with van der Waals surface area (Å²) >= 11 is 1.75. The molecule has 0 rings (SSSR count). The zero-order chi connectivity index (χ0) is 4.71. The molecule has 0 saturated heterocycles. The van der Waals surface area contributed by atoms with Crippen molar-refractivity contribution in [3.05, 3.63) is 4.91 Å². The molecule has 31 valence electrons. The van der Waals surface area contributed by atoms with Crippen molar-refractivity contribution in [2.24, 2.45) is 0 Å². The Bertz CT molecular complexity index is 13.6. The first-order valence-electron chi connectivity index (χ1n) is 0.999. The molecule has 0 fully saturated rings. The molecule has 0 bridgehead atoms. The third-order valence-electron chi connectivity index (χ3n) is 0. The van der Waals surface area contributed by atoms with Gasteiger partial charge in [0, 0.05) is 0 Å². The maximum absolute atomic E-state index is 7.25. The standard InChI is InChI=1S/C2H6S.NO/c1-3-2;1-2/h1-2H3;. The summed E-state index contributed by atoms with van der Waals surface area (Å²) in [6.07, 6.45) is 4.08. The van der Waals surface area contributed by atoms with E-state index in [1.165, 1.54) is 0 Å². The first-order chi connectivity index (χ1) is 2.41. The van der Waals surface area contributed by atoms with E-state index < -0.39 is 0 Å². The van der Waals surface area contributed by atoms with E-state index in [9.17, 15) is 0 Å². The average Bonchev–Trinajstić information content (AvgIpc) is 1.46. The largest absolute Gasteiger partial charge is 0.169 e.